The lowest BCUT2D eigenvalue weighted by Crippen LogP contribution is -2.12. The van der Waals surface area contributed by atoms with Crippen LogP contribution < -0.4 is 9.47 Å². The number of hydrogen-bond donors (Lipinski definition) is 1. The molecule has 4 nitrogen and oxygen atoms in total. The van der Waals surface area contributed by atoms with Crippen molar-refractivity contribution < 1.29 is 32.5 Å². The van der Waals surface area contributed by atoms with Gasteiger partial charge >= 0.3 is 12.1 Å². The predicted octanol–water partition coefficient (Wildman–Crippen LogP) is 5.56. The average Bonchev–Trinajstić information content (AvgIpc) is 2.71. The van der Waals surface area contributed by atoms with E-state index in [0.29, 0.717) is 6.07 Å². The maximum atomic E-state index is 13.3. The van der Waals surface area contributed by atoms with E-state index in [0.717, 1.165) is 17.2 Å². The van der Waals surface area contributed by atoms with Crippen molar-refractivity contribution in [2.75, 3.05) is 0 Å². The molecule has 0 aliphatic carbocycles. The highest BCUT2D eigenvalue weighted by Gasteiger charge is 2.34. The normalized spacial score (nSPS) is 11.1. The number of aromatic carboxylic acids is 1. The first-order valence-corrected chi connectivity index (χ1v) is 8.66. The van der Waals surface area contributed by atoms with E-state index in [1.165, 1.54) is 0 Å². The van der Waals surface area contributed by atoms with Crippen LogP contribution in [0, 0.1) is 0 Å². The Morgan fingerprint density at radius 1 is 0.828 bits per heavy atom. The number of halogens is 3. The average molecular weight is 402 g/mol. The van der Waals surface area contributed by atoms with E-state index in [4.69, 9.17) is 9.47 Å². The second-order valence-electron chi connectivity index (χ2n) is 6.20. The molecular weight excluding hydrogens is 385 g/mol. The minimum Gasteiger partial charge on any atom is -0.485 e. The smallest absolute Gasteiger partial charge is 0.416 e. The fourth-order valence-corrected chi connectivity index (χ4v) is 2.65. The summed E-state index contributed by atoms with van der Waals surface area (Å²) in [6, 6.07) is 19.0. The zero-order valence-corrected chi connectivity index (χ0v) is 15.1. The molecule has 0 heterocycles. The van der Waals surface area contributed by atoms with Gasteiger partial charge in [-0.25, -0.2) is 4.79 Å². The van der Waals surface area contributed by atoms with Gasteiger partial charge in [0.25, 0.3) is 0 Å². The lowest BCUT2D eigenvalue weighted by molar-refractivity contribution is -0.137. The highest BCUT2D eigenvalue weighted by Crippen LogP contribution is 2.40. The molecule has 0 saturated heterocycles. The Morgan fingerprint density at radius 3 is 1.83 bits per heavy atom. The lowest BCUT2D eigenvalue weighted by atomic mass is 10.1. The Bertz CT molecular complexity index is 971. The molecule has 3 aromatic carbocycles. The van der Waals surface area contributed by atoms with Crippen molar-refractivity contribution in [3.63, 3.8) is 0 Å². The quantitative estimate of drug-likeness (QED) is 0.562. The zero-order valence-electron chi connectivity index (χ0n) is 15.1. The van der Waals surface area contributed by atoms with Crippen molar-refractivity contribution in [2.24, 2.45) is 0 Å². The van der Waals surface area contributed by atoms with Crippen molar-refractivity contribution in [2.45, 2.75) is 19.4 Å². The van der Waals surface area contributed by atoms with E-state index in [2.05, 4.69) is 0 Å². The molecule has 0 saturated carbocycles. The highest BCUT2D eigenvalue weighted by atomic mass is 19.4. The van der Waals surface area contributed by atoms with Crippen LogP contribution in [-0.2, 0) is 19.4 Å². The monoisotopic (exact) mass is 402 g/mol. The maximum absolute atomic E-state index is 13.3. The summed E-state index contributed by atoms with van der Waals surface area (Å²) >= 11 is 0. The topological polar surface area (TPSA) is 55.8 Å². The van der Waals surface area contributed by atoms with Gasteiger partial charge in [0.05, 0.1) is 5.56 Å². The fraction of sp³-hybridized carbons (Fsp3) is 0.136. The van der Waals surface area contributed by atoms with Gasteiger partial charge in [-0.05, 0) is 23.3 Å². The van der Waals surface area contributed by atoms with Crippen molar-refractivity contribution in [3.05, 3.63) is 95.1 Å². The van der Waals surface area contributed by atoms with E-state index in [9.17, 15) is 23.1 Å². The van der Waals surface area contributed by atoms with E-state index in [-0.39, 0.29) is 24.7 Å². The van der Waals surface area contributed by atoms with Crippen molar-refractivity contribution in [3.8, 4) is 11.5 Å². The van der Waals surface area contributed by atoms with E-state index in [1.807, 2.05) is 0 Å². The molecule has 0 atom stereocenters. The van der Waals surface area contributed by atoms with Gasteiger partial charge in [0.15, 0.2) is 11.5 Å². The molecule has 3 rings (SSSR count). The molecule has 0 unspecified atom stereocenters. The number of benzene rings is 3. The molecule has 0 fully saturated rings. The molecule has 29 heavy (non-hydrogen) atoms. The molecule has 0 spiro atoms. The minimum absolute atomic E-state index is 0.0197. The first-order chi connectivity index (χ1) is 13.8. The SMILES string of the molecule is O=C(O)c1cc(C(F)(F)F)cc(OCc2ccccc2)c1OCc1ccccc1. The molecule has 7 heteroatoms. The standard InChI is InChI=1S/C22H17F3O4/c23-22(24,25)17-11-18(21(26)27)20(29-14-16-9-5-2-6-10-16)19(12-17)28-13-15-7-3-1-4-8-15/h1-12H,13-14H2,(H,26,27). The minimum atomic E-state index is -4.73. The van der Waals surface area contributed by atoms with E-state index < -0.39 is 23.3 Å². The molecule has 1 N–H and O–H groups in total. The van der Waals surface area contributed by atoms with E-state index >= 15 is 0 Å². The Morgan fingerprint density at radius 2 is 1.34 bits per heavy atom. The Hall–Kier alpha value is -3.48. The number of carbonyl (C=O) groups is 1. The summed E-state index contributed by atoms with van der Waals surface area (Å²) in [7, 11) is 0. The summed E-state index contributed by atoms with van der Waals surface area (Å²) in [6.45, 7) is -0.0584. The Kier molecular flexibility index (Phi) is 6.07. The van der Waals surface area contributed by atoms with Gasteiger partial charge in [-0.15, -0.1) is 0 Å². The van der Waals surface area contributed by atoms with Crippen molar-refractivity contribution in [1.29, 1.82) is 0 Å². The number of carboxylic acid groups (broad SMARTS) is 1. The second-order valence-corrected chi connectivity index (χ2v) is 6.20. The molecule has 0 bridgehead atoms. The van der Waals surface area contributed by atoms with Crippen LogP contribution in [-0.4, -0.2) is 11.1 Å². The van der Waals surface area contributed by atoms with Gasteiger partial charge in [-0.2, -0.15) is 13.2 Å². The van der Waals surface area contributed by atoms with Crippen molar-refractivity contribution >= 4 is 5.97 Å². The summed E-state index contributed by atoms with van der Waals surface area (Å²) in [5.74, 6) is -2.06. The summed E-state index contributed by atoms with van der Waals surface area (Å²) < 4.78 is 51.0. The Balaban J connectivity index is 1.98. The predicted molar refractivity (Wildman–Crippen MR) is 100.0 cm³/mol. The number of hydrogen-bond acceptors (Lipinski definition) is 3. The van der Waals surface area contributed by atoms with Crippen LogP contribution in [0.3, 0.4) is 0 Å². The van der Waals surface area contributed by atoms with Crippen LogP contribution in [0.1, 0.15) is 27.0 Å². The van der Waals surface area contributed by atoms with Crippen LogP contribution in [0.25, 0.3) is 0 Å². The highest BCUT2D eigenvalue weighted by molar-refractivity contribution is 5.92. The third-order valence-electron chi connectivity index (χ3n) is 4.08. The molecule has 0 aliphatic rings. The first-order valence-electron chi connectivity index (χ1n) is 8.66. The summed E-state index contributed by atoms with van der Waals surface area (Å²) in [6.07, 6.45) is -4.73. The number of ether oxygens (including phenoxy) is 2. The van der Waals surface area contributed by atoms with Gasteiger partial charge in [0, 0.05) is 0 Å². The molecule has 0 radical (unpaired) electrons. The van der Waals surface area contributed by atoms with Gasteiger partial charge in [0.2, 0.25) is 0 Å². The van der Waals surface area contributed by atoms with Gasteiger partial charge in [-0.1, -0.05) is 60.7 Å². The molecule has 3 aromatic rings. The Labute approximate surface area is 165 Å². The van der Waals surface area contributed by atoms with Crippen molar-refractivity contribution in [1.82, 2.24) is 0 Å². The molecular formula is C22H17F3O4. The fourth-order valence-electron chi connectivity index (χ4n) is 2.65. The lowest BCUT2D eigenvalue weighted by Gasteiger charge is -2.18. The van der Waals surface area contributed by atoms with Crippen LogP contribution >= 0.6 is 0 Å². The molecule has 0 aliphatic heterocycles. The van der Waals surface area contributed by atoms with Crippen LogP contribution in [0.4, 0.5) is 13.2 Å². The van der Waals surface area contributed by atoms with Gasteiger partial charge < -0.3 is 14.6 Å². The molecule has 0 amide bonds. The van der Waals surface area contributed by atoms with Crippen LogP contribution in [0.5, 0.6) is 11.5 Å². The third-order valence-corrected chi connectivity index (χ3v) is 4.08. The van der Waals surface area contributed by atoms with Gasteiger partial charge in [0.1, 0.15) is 18.8 Å². The zero-order chi connectivity index (χ0) is 20.9. The van der Waals surface area contributed by atoms with Gasteiger partial charge in [-0.3, -0.25) is 0 Å². The second kappa shape index (κ2) is 8.68. The molecule has 150 valence electrons. The first kappa shape index (κ1) is 20.3. The summed E-state index contributed by atoms with van der Waals surface area (Å²) in [5, 5.41) is 9.46. The molecule has 0 aromatic heterocycles. The van der Waals surface area contributed by atoms with Crippen LogP contribution in [0.15, 0.2) is 72.8 Å². The third kappa shape index (κ3) is 5.28. The number of carboxylic acids is 1. The maximum Gasteiger partial charge on any atom is 0.416 e. The summed E-state index contributed by atoms with van der Waals surface area (Å²) in [5.41, 5.74) is -0.280. The summed E-state index contributed by atoms with van der Waals surface area (Å²) in [4.78, 5) is 11.6. The number of rotatable bonds is 7. The van der Waals surface area contributed by atoms with Crippen LogP contribution in [0.2, 0.25) is 0 Å². The van der Waals surface area contributed by atoms with E-state index in [1.54, 1.807) is 60.7 Å². The largest absolute Gasteiger partial charge is 0.485 e. The number of alkyl halides is 3.